The molecular formula is C11H24N2O. The average molecular weight is 200 g/mol. The molecule has 84 valence electrons. The van der Waals surface area contributed by atoms with Crippen molar-refractivity contribution in [2.24, 2.45) is 0 Å². The van der Waals surface area contributed by atoms with E-state index in [0.29, 0.717) is 18.2 Å². The Balaban J connectivity index is 2.51. The Bertz CT molecular complexity index is 163. The van der Waals surface area contributed by atoms with Crippen molar-refractivity contribution in [3.63, 3.8) is 0 Å². The van der Waals surface area contributed by atoms with Gasteiger partial charge in [-0.05, 0) is 27.3 Å². The minimum Gasteiger partial charge on any atom is -0.376 e. The van der Waals surface area contributed by atoms with Crippen molar-refractivity contribution in [2.45, 2.75) is 45.4 Å². The first-order valence-corrected chi connectivity index (χ1v) is 5.71. The number of morpholine rings is 1. The van der Waals surface area contributed by atoms with E-state index in [1.807, 2.05) is 7.05 Å². The summed E-state index contributed by atoms with van der Waals surface area (Å²) in [6, 6.07) is 1.21. The standard InChI is InChI=1S/C11H24N2O/c1-5-11-8-14-10(3)7-13(11)9(2)6-12-4/h9-12H,5-8H2,1-4H3. The Morgan fingerprint density at radius 2 is 2.29 bits per heavy atom. The van der Waals surface area contributed by atoms with Crippen LogP contribution in [0.1, 0.15) is 27.2 Å². The number of hydrogen-bond donors (Lipinski definition) is 1. The van der Waals surface area contributed by atoms with Crippen LogP contribution in [0.4, 0.5) is 0 Å². The zero-order valence-electron chi connectivity index (χ0n) is 9.92. The summed E-state index contributed by atoms with van der Waals surface area (Å²) in [5.74, 6) is 0. The molecule has 3 nitrogen and oxygen atoms in total. The van der Waals surface area contributed by atoms with Gasteiger partial charge in [-0.1, -0.05) is 6.92 Å². The molecule has 0 aromatic carbocycles. The fourth-order valence-electron chi connectivity index (χ4n) is 2.17. The number of nitrogens with zero attached hydrogens (tertiary/aromatic N) is 1. The highest BCUT2D eigenvalue weighted by Gasteiger charge is 2.28. The lowest BCUT2D eigenvalue weighted by Crippen LogP contribution is -2.54. The van der Waals surface area contributed by atoms with E-state index in [1.54, 1.807) is 0 Å². The second-order valence-corrected chi connectivity index (χ2v) is 4.31. The molecule has 0 aliphatic carbocycles. The molecule has 0 bridgehead atoms. The molecule has 0 amide bonds. The SMILES string of the molecule is CCC1COC(C)CN1C(C)CNC. The lowest BCUT2D eigenvalue weighted by molar-refractivity contribution is -0.0692. The third kappa shape index (κ3) is 2.94. The highest BCUT2D eigenvalue weighted by atomic mass is 16.5. The molecule has 1 fully saturated rings. The molecule has 1 aliphatic rings. The molecule has 0 aromatic heterocycles. The van der Waals surface area contributed by atoms with E-state index < -0.39 is 0 Å². The number of ether oxygens (including phenoxy) is 1. The zero-order chi connectivity index (χ0) is 10.6. The summed E-state index contributed by atoms with van der Waals surface area (Å²) in [4.78, 5) is 2.57. The lowest BCUT2D eigenvalue weighted by Gasteiger charge is -2.42. The number of likely N-dealkylation sites (N-methyl/N-ethyl adjacent to an activating group) is 1. The van der Waals surface area contributed by atoms with Crippen LogP contribution in [0.15, 0.2) is 0 Å². The summed E-state index contributed by atoms with van der Waals surface area (Å²) >= 11 is 0. The molecule has 0 radical (unpaired) electrons. The van der Waals surface area contributed by atoms with Crippen LogP contribution >= 0.6 is 0 Å². The van der Waals surface area contributed by atoms with Crippen molar-refractivity contribution >= 4 is 0 Å². The summed E-state index contributed by atoms with van der Waals surface area (Å²) in [7, 11) is 2.02. The Labute approximate surface area is 87.8 Å². The lowest BCUT2D eigenvalue weighted by atomic mass is 10.1. The summed E-state index contributed by atoms with van der Waals surface area (Å²) in [5.41, 5.74) is 0. The van der Waals surface area contributed by atoms with Gasteiger partial charge in [0, 0.05) is 25.2 Å². The number of nitrogens with one attached hydrogen (secondary N) is 1. The van der Waals surface area contributed by atoms with Crippen LogP contribution in [0.5, 0.6) is 0 Å². The molecular weight excluding hydrogens is 176 g/mol. The van der Waals surface area contributed by atoms with Crippen LogP contribution in [0.2, 0.25) is 0 Å². The molecule has 1 rings (SSSR count). The fraction of sp³-hybridized carbons (Fsp3) is 1.00. The quantitative estimate of drug-likeness (QED) is 0.735. The molecule has 1 saturated heterocycles. The second-order valence-electron chi connectivity index (χ2n) is 4.31. The largest absolute Gasteiger partial charge is 0.376 e. The Morgan fingerprint density at radius 3 is 2.86 bits per heavy atom. The third-order valence-corrected chi connectivity index (χ3v) is 3.05. The van der Waals surface area contributed by atoms with Crippen LogP contribution < -0.4 is 5.32 Å². The van der Waals surface area contributed by atoms with Gasteiger partial charge in [-0.25, -0.2) is 0 Å². The molecule has 3 unspecified atom stereocenters. The topological polar surface area (TPSA) is 24.5 Å². The predicted molar refractivity (Wildman–Crippen MR) is 59.6 cm³/mol. The van der Waals surface area contributed by atoms with Gasteiger partial charge in [-0.3, -0.25) is 4.90 Å². The summed E-state index contributed by atoms with van der Waals surface area (Å²) < 4.78 is 5.68. The predicted octanol–water partition coefficient (Wildman–Crippen LogP) is 1.09. The highest BCUT2D eigenvalue weighted by Crippen LogP contribution is 2.16. The highest BCUT2D eigenvalue weighted by molar-refractivity contribution is 4.82. The van der Waals surface area contributed by atoms with Gasteiger partial charge < -0.3 is 10.1 Å². The molecule has 0 spiro atoms. The average Bonchev–Trinajstić information content (AvgIpc) is 2.18. The minimum absolute atomic E-state index is 0.386. The van der Waals surface area contributed by atoms with E-state index in [2.05, 4.69) is 31.0 Å². The van der Waals surface area contributed by atoms with Gasteiger partial charge in [0.15, 0.2) is 0 Å². The molecule has 0 aromatic rings. The first kappa shape index (κ1) is 12.0. The first-order valence-electron chi connectivity index (χ1n) is 5.71. The smallest absolute Gasteiger partial charge is 0.0674 e. The van der Waals surface area contributed by atoms with Crippen molar-refractivity contribution < 1.29 is 4.74 Å². The van der Waals surface area contributed by atoms with E-state index in [4.69, 9.17) is 4.74 Å². The Kier molecular flexibility index (Phi) is 4.85. The normalized spacial score (nSPS) is 31.7. The fourth-order valence-corrected chi connectivity index (χ4v) is 2.17. The molecule has 1 heterocycles. The van der Waals surface area contributed by atoms with Gasteiger partial charge in [-0.2, -0.15) is 0 Å². The van der Waals surface area contributed by atoms with E-state index in [1.165, 1.54) is 6.42 Å². The summed E-state index contributed by atoms with van der Waals surface area (Å²) in [5, 5.41) is 3.24. The van der Waals surface area contributed by atoms with Crippen molar-refractivity contribution in [3.05, 3.63) is 0 Å². The molecule has 0 saturated carbocycles. The van der Waals surface area contributed by atoms with Crippen LogP contribution in [-0.4, -0.2) is 49.8 Å². The van der Waals surface area contributed by atoms with Gasteiger partial charge in [0.05, 0.1) is 12.7 Å². The molecule has 3 heteroatoms. The van der Waals surface area contributed by atoms with Crippen molar-refractivity contribution in [3.8, 4) is 0 Å². The van der Waals surface area contributed by atoms with Gasteiger partial charge in [0.1, 0.15) is 0 Å². The first-order chi connectivity index (χ1) is 6.69. The van der Waals surface area contributed by atoms with E-state index in [0.717, 1.165) is 19.7 Å². The number of hydrogen-bond acceptors (Lipinski definition) is 3. The van der Waals surface area contributed by atoms with Crippen LogP contribution in [0.3, 0.4) is 0 Å². The monoisotopic (exact) mass is 200 g/mol. The second kappa shape index (κ2) is 5.69. The van der Waals surface area contributed by atoms with E-state index in [-0.39, 0.29) is 0 Å². The van der Waals surface area contributed by atoms with Crippen molar-refractivity contribution in [2.75, 3.05) is 26.7 Å². The van der Waals surface area contributed by atoms with E-state index >= 15 is 0 Å². The zero-order valence-corrected chi connectivity index (χ0v) is 9.92. The van der Waals surface area contributed by atoms with Crippen molar-refractivity contribution in [1.82, 2.24) is 10.2 Å². The Morgan fingerprint density at radius 1 is 1.57 bits per heavy atom. The maximum absolute atomic E-state index is 5.68. The van der Waals surface area contributed by atoms with Crippen molar-refractivity contribution in [1.29, 1.82) is 0 Å². The maximum Gasteiger partial charge on any atom is 0.0674 e. The van der Waals surface area contributed by atoms with Crippen LogP contribution in [-0.2, 0) is 4.74 Å². The van der Waals surface area contributed by atoms with Crippen LogP contribution in [0.25, 0.3) is 0 Å². The minimum atomic E-state index is 0.386. The summed E-state index contributed by atoms with van der Waals surface area (Å²) in [6.07, 6.45) is 1.57. The molecule has 1 aliphatic heterocycles. The molecule has 3 atom stereocenters. The third-order valence-electron chi connectivity index (χ3n) is 3.05. The van der Waals surface area contributed by atoms with Gasteiger partial charge in [0.25, 0.3) is 0 Å². The molecule has 1 N–H and O–H groups in total. The Hall–Kier alpha value is -0.120. The molecule has 14 heavy (non-hydrogen) atoms. The number of rotatable bonds is 4. The van der Waals surface area contributed by atoms with Crippen LogP contribution in [0, 0.1) is 0 Å². The summed E-state index contributed by atoms with van der Waals surface area (Å²) in [6.45, 7) is 9.71. The van der Waals surface area contributed by atoms with Gasteiger partial charge in [-0.15, -0.1) is 0 Å². The van der Waals surface area contributed by atoms with E-state index in [9.17, 15) is 0 Å². The van der Waals surface area contributed by atoms with Gasteiger partial charge in [0.2, 0.25) is 0 Å². The van der Waals surface area contributed by atoms with Gasteiger partial charge >= 0.3 is 0 Å². The maximum atomic E-state index is 5.68.